The second-order valence-electron chi connectivity index (χ2n) is 24.4. The highest BCUT2D eigenvalue weighted by atomic mass is 32.2. The first-order valence-electron chi connectivity index (χ1n) is 31.6. The van der Waals surface area contributed by atoms with E-state index in [1.807, 2.05) is 31.2 Å². The summed E-state index contributed by atoms with van der Waals surface area (Å²) in [6.45, 7) is 2.89. The average Bonchev–Trinajstić information content (AvgIpc) is 1.31. The maximum absolute atomic E-state index is 16.3. The van der Waals surface area contributed by atoms with Crippen LogP contribution in [0.1, 0.15) is 69.6 Å². The van der Waals surface area contributed by atoms with Crippen molar-refractivity contribution in [1.82, 2.24) is 43.2 Å². The van der Waals surface area contributed by atoms with E-state index in [9.17, 15) is 52.8 Å². The van der Waals surface area contributed by atoms with E-state index in [0.717, 1.165) is 46.7 Å². The lowest BCUT2D eigenvalue weighted by Crippen LogP contribution is -2.32. The summed E-state index contributed by atoms with van der Waals surface area (Å²) < 4.78 is 175. The number of imidazole rings is 3. The third-order valence-electron chi connectivity index (χ3n) is 17.2. The summed E-state index contributed by atoms with van der Waals surface area (Å²) in [5.74, 6) is -1.43. The molecule has 0 saturated heterocycles. The third kappa shape index (κ3) is 16.0. The molecule has 6 aromatic heterocycles. The number of rotatable bonds is 30. The second-order valence-corrected chi connectivity index (χ2v) is 31.0. The maximum atomic E-state index is 16.3. The van der Waals surface area contributed by atoms with Gasteiger partial charge in [0.2, 0.25) is 0 Å². The van der Waals surface area contributed by atoms with Crippen LogP contribution in [0.2, 0.25) is 0 Å². The van der Waals surface area contributed by atoms with Gasteiger partial charge >= 0.3 is 17.1 Å². The van der Waals surface area contributed by atoms with E-state index in [1.165, 1.54) is 60.9 Å². The summed E-state index contributed by atoms with van der Waals surface area (Å²) in [6.07, 6.45) is 4.40. The lowest BCUT2D eigenvalue weighted by molar-refractivity contribution is 0.126. The molecule has 0 radical (unpaired) electrons. The number of nitrogens with zero attached hydrogens (tertiary/aromatic N) is 7. The first-order chi connectivity index (χ1) is 48.0. The van der Waals surface area contributed by atoms with Crippen LogP contribution < -0.4 is 45.5 Å². The van der Waals surface area contributed by atoms with Crippen molar-refractivity contribution in [2.24, 2.45) is 0 Å². The van der Waals surface area contributed by atoms with Gasteiger partial charge in [-0.1, -0.05) is 54.6 Å². The molecule has 24 nitrogen and oxygen atoms in total. The van der Waals surface area contributed by atoms with Crippen LogP contribution in [0.4, 0.5) is 17.6 Å². The Hall–Kier alpha value is -10.3. The van der Waals surface area contributed by atoms with Crippen LogP contribution >= 0.6 is 0 Å². The van der Waals surface area contributed by atoms with Gasteiger partial charge in [0.05, 0.1) is 106 Å². The monoisotopic (exact) mass is 1450 g/mol. The average molecular weight is 1450 g/mol. The summed E-state index contributed by atoms with van der Waals surface area (Å²) in [5.41, 5.74) is 3.50. The highest BCUT2D eigenvalue weighted by Gasteiger charge is 2.32. The molecule has 0 saturated carbocycles. The van der Waals surface area contributed by atoms with Gasteiger partial charge in [0, 0.05) is 62.1 Å². The standard InChI is InChI=1S/C70H71F4N9O15S3/c1-9-96-59-30-45(15-18-56(59)93-3)53(37-99(6,87)88)81-66-63(78-68(81)84)40(2)50(35-77-66)43-12-10-11-41(27-43)22-25-97-60-31-46(16-19-57(60)94-4)54(38-100(7,89)90)82-67-64(79-69(82)85)48(21-24-75-67)29-44-14-13-42(28-51(44)72)23-26-98-61-32-47(17-20-58(61)95-5)55(39-101(8,91)92)83-65-52(33-49(71)34-76-65)80(70(83)86)36-62(73)74/h10-21,24,27-28,30-35,53-55,62H,9,22-23,25-26,29,36-39H2,1-8H3,(H,78,84)(H,79,85)/t53-,54-,55-/m1/s1. The number of fused-ring (bicyclic) bond motifs is 3. The van der Waals surface area contributed by atoms with E-state index >= 15 is 4.39 Å². The summed E-state index contributed by atoms with van der Waals surface area (Å²) >= 11 is 0. The summed E-state index contributed by atoms with van der Waals surface area (Å²) in [4.78, 5) is 60.9. The minimum atomic E-state index is -3.89. The third-order valence-corrected chi connectivity index (χ3v) is 19.9. The van der Waals surface area contributed by atoms with Gasteiger partial charge in [-0.3, -0.25) is 18.3 Å². The molecule has 0 amide bonds. The second kappa shape index (κ2) is 29.5. The molecule has 2 N–H and O–H groups in total. The van der Waals surface area contributed by atoms with Crippen LogP contribution in [0.3, 0.4) is 0 Å². The number of aryl methyl sites for hydroxylation is 1. The molecule has 0 unspecified atom stereocenters. The van der Waals surface area contributed by atoms with Gasteiger partial charge in [-0.15, -0.1) is 0 Å². The number of hydrogen-bond acceptors (Lipinski definition) is 18. The molecule has 31 heteroatoms. The van der Waals surface area contributed by atoms with E-state index in [0.29, 0.717) is 73.7 Å². The number of halogens is 4. The molecule has 0 bridgehead atoms. The van der Waals surface area contributed by atoms with Crippen LogP contribution in [-0.4, -0.2) is 152 Å². The highest BCUT2D eigenvalue weighted by molar-refractivity contribution is 7.91. The molecule has 5 aromatic carbocycles. The Morgan fingerprint density at radius 3 is 1.55 bits per heavy atom. The number of alkyl halides is 2. The van der Waals surface area contributed by atoms with Gasteiger partial charge in [0.1, 0.15) is 41.1 Å². The summed E-state index contributed by atoms with van der Waals surface area (Å²) in [6, 6.07) is 25.4. The van der Waals surface area contributed by atoms with Crippen molar-refractivity contribution in [2.75, 3.05) is 77.2 Å². The van der Waals surface area contributed by atoms with Crippen molar-refractivity contribution in [3.8, 4) is 45.6 Å². The maximum Gasteiger partial charge on any atom is 0.331 e. The first-order valence-corrected chi connectivity index (χ1v) is 37.8. The number of pyridine rings is 3. The van der Waals surface area contributed by atoms with E-state index in [1.54, 1.807) is 67.7 Å². The summed E-state index contributed by atoms with van der Waals surface area (Å²) in [7, 11) is -7.05. The Kier molecular flexibility index (Phi) is 21.0. The number of aromatic amines is 2. The van der Waals surface area contributed by atoms with E-state index in [-0.39, 0.29) is 82.4 Å². The van der Waals surface area contributed by atoms with Crippen molar-refractivity contribution in [3.05, 3.63) is 215 Å². The minimum Gasteiger partial charge on any atom is -0.493 e. The topological polar surface area (TPSA) is 299 Å². The highest BCUT2D eigenvalue weighted by Crippen LogP contribution is 2.38. The molecule has 6 heterocycles. The lowest BCUT2D eigenvalue weighted by Gasteiger charge is -2.20. The fourth-order valence-corrected chi connectivity index (χ4v) is 15.3. The molecule has 0 aliphatic heterocycles. The van der Waals surface area contributed by atoms with Crippen LogP contribution in [0.15, 0.2) is 142 Å². The van der Waals surface area contributed by atoms with Gasteiger partial charge in [-0.05, 0) is 112 Å². The predicted octanol–water partition coefficient (Wildman–Crippen LogP) is 8.95. The molecule has 532 valence electrons. The molecule has 0 aliphatic carbocycles. The van der Waals surface area contributed by atoms with E-state index in [4.69, 9.17) is 33.4 Å². The summed E-state index contributed by atoms with van der Waals surface area (Å²) in [5, 5.41) is 0. The minimum absolute atomic E-state index is 0.0341. The SMILES string of the molecule is CCOc1cc([C@@H](CS(C)(=O)=O)n2c(=O)[nH]c3c(C)c(-c4cccc(CCOc5cc([C@@H](CS(C)(=O)=O)n6c(=O)[nH]c7c(Cc8ccc(CCOc9cc([C@@H](CS(C)(=O)=O)n%10c(=O)n(CC(F)F)c%11cc(F)cnc%11%10)ccc9OC)cc8F)ccnc76)ccc5OC)c4)cnc32)ccc1OC. The van der Waals surface area contributed by atoms with E-state index < -0.39 is 107 Å². The van der Waals surface area contributed by atoms with Crippen LogP contribution in [0.25, 0.3) is 44.6 Å². The number of hydrogen-bond donors (Lipinski definition) is 2. The Morgan fingerprint density at radius 1 is 0.535 bits per heavy atom. The van der Waals surface area contributed by atoms with Crippen LogP contribution in [0.5, 0.6) is 34.5 Å². The Labute approximate surface area is 576 Å². The van der Waals surface area contributed by atoms with Crippen molar-refractivity contribution >= 4 is 63.0 Å². The Morgan fingerprint density at radius 2 is 1.04 bits per heavy atom. The molecule has 0 aliphatic rings. The largest absolute Gasteiger partial charge is 0.493 e. The van der Waals surface area contributed by atoms with Gasteiger partial charge in [-0.2, -0.15) is 0 Å². The van der Waals surface area contributed by atoms with Crippen LogP contribution in [-0.2, 0) is 55.3 Å². The molecule has 11 aromatic rings. The molecule has 0 fully saturated rings. The molecular weight excluding hydrogens is 1380 g/mol. The number of methoxy groups -OCH3 is 3. The zero-order chi connectivity index (χ0) is 72.4. The predicted molar refractivity (Wildman–Crippen MR) is 372 cm³/mol. The quantitative estimate of drug-likeness (QED) is 0.0397. The number of aromatic nitrogens is 9. The Balaban J connectivity index is 0.795. The number of H-pyrrole nitrogens is 2. The Bertz CT molecular complexity index is 5520. The molecule has 3 atom stereocenters. The molecule has 0 spiro atoms. The van der Waals surface area contributed by atoms with Crippen molar-refractivity contribution in [1.29, 1.82) is 0 Å². The van der Waals surface area contributed by atoms with Gasteiger partial charge < -0.3 is 38.4 Å². The van der Waals surface area contributed by atoms with Crippen LogP contribution in [0, 0.1) is 18.6 Å². The number of benzene rings is 5. The van der Waals surface area contributed by atoms with Gasteiger partial charge in [-0.25, -0.2) is 72.2 Å². The normalized spacial score (nSPS) is 13.1. The molecule has 11 rings (SSSR count). The van der Waals surface area contributed by atoms with E-state index in [2.05, 4.69) is 19.9 Å². The van der Waals surface area contributed by atoms with Crippen molar-refractivity contribution in [3.63, 3.8) is 0 Å². The zero-order valence-electron chi connectivity index (χ0n) is 56.0. The smallest absolute Gasteiger partial charge is 0.331 e. The fourth-order valence-electron chi connectivity index (χ4n) is 12.6. The number of ether oxygens (including phenoxy) is 6. The number of nitrogens with one attached hydrogen (secondary N) is 2. The molecule has 101 heavy (non-hydrogen) atoms. The lowest BCUT2D eigenvalue weighted by atomic mass is 9.99. The zero-order valence-corrected chi connectivity index (χ0v) is 58.4. The first kappa shape index (κ1) is 72.0. The molecular formula is C70H71F4N9O15S3. The van der Waals surface area contributed by atoms with Crippen molar-refractivity contribution in [2.45, 2.75) is 64.2 Å². The van der Waals surface area contributed by atoms with Crippen molar-refractivity contribution < 1.29 is 71.2 Å². The number of sulfone groups is 3. The fraction of sp³-hybridized carbons (Fsp3) is 0.314. The van der Waals surface area contributed by atoms with Gasteiger partial charge in [0.15, 0.2) is 51.4 Å². The van der Waals surface area contributed by atoms with Gasteiger partial charge in [0.25, 0.3) is 6.43 Å².